The third kappa shape index (κ3) is 5.03. The van der Waals surface area contributed by atoms with E-state index in [4.69, 9.17) is 4.74 Å². The van der Waals surface area contributed by atoms with E-state index >= 15 is 0 Å². The molecule has 0 heterocycles. The van der Waals surface area contributed by atoms with Gasteiger partial charge in [0.1, 0.15) is 10.4 Å². The fourth-order valence-corrected chi connectivity index (χ4v) is 0.882. The number of thiol groups is 1. The van der Waals surface area contributed by atoms with E-state index in [2.05, 4.69) is 30.2 Å². The molecule has 0 aliphatic carbocycles. The summed E-state index contributed by atoms with van der Waals surface area (Å²) in [6.07, 6.45) is 0. The number of carbonyl (C=O) groups is 1. The van der Waals surface area contributed by atoms with Crippen LogP contribution in [-0.2, 0) is 9.53 Å². The van der Waals surface area contributed by atoms with Gasteiger partial charge in [-0.2, -0.15) is 0 Å². The summed E-state index contributed by atoms with van der Waals surface area (Å²) in [5.41, 5.74) is 0. The summed E-state index contributed by atoms with van der Waals surface area (Å²) >= 11 is 8.43. The Morgan fingerprint density at radius 3 is 2.73 bits per heavy atom. The highest BCUT2D eigenvalue weighted by Gasteiger charge is 2.12. The molecule has 0 aliphatic rings. The molecule has 0 aromatic rings. The van der Waals surface area contributed by atoms with Gasteiger partial charge in [0.2, 0.25) is 0 Å². The van der Waals surface area contributed by atoms with Crippen LogP contribution < -0.4 is 5.32 Å². The molecular weight excluding hydrogens is 182 g/mol. The smallest absolute Gasteiger partial charge is 0.328 e. The molecule has 0 fully saturated rings. The fourth-order valence-electron chi connectivity index (χ4n) is 0.511. The summed E-state index contributed by atoms with van der Waals surface area (Å²) in [6.45, 7) is 3.80. The molecule has 0 aromatic heterocycles. The number of carbonyl (C=O) groups excluding carboxylic acids is 1. The maximum absolute atomic E-state index is 10.9. The molecular formula is C6H11NO2S2. The van der Waals surface area contributed by atoms with Crippen LogP contribution in [0, 0.1) is 0 Å². The lowest BCUT2D eigenvalue weighted by Gasteiger charge is -2.11. The van der Waals surface area contributed by atoms with Crippen LogP contribution in [0.1, 0.15) is 13.8 Å². The van der Waals surface area contributed by atoms with Crippen molar-refractivity contribution in [2.45, 2.75) is 19.9 Å². The van der Waals surface area contributed by atoms with Gasteiger partial charge in [0.05, 0.1) is 6.61 Å². The van der Waals surface area contributed by atoms with E-state index in [9.17, 15) is 4.79 Å². The number of hydrogen-bond donors (Lipinski definition) is 2. The van der Waals surface area contributed by atoms with Crippen molar-refractivity contribution in [1.29, 1.82) is 0 Å². The van der Waals surface area contributed by atoms with E-state index in [1.807, 2.05) is 0 Å². The number of hydrogen-bond acceptors (Lipinski definition) is 3. The van der Waals surface area contributed by atoms with Crippen molar-refractivity contribution in [1.82, 2.24) is 5.32 Å². The van der Waals surface area contributed by atoms with E-state index in [0.29, 0.717) is 10.9 Å². The predicted molar refractivity (Wildman–Crippen MR) is 50.8 cm³/mol. The van der Waals surface area contributed by atoms with Crippen molar-refractivity contribution in [3.05, 3.63) is 0 Å². The lowest BCUT2D eigenvalue weighted by Crippen LogP contribution is -2.36. The lowest BCUT2D eigenvalue weighted by atomic mass is 10.3. The van der Waals surface area contributed by atoms with E-state index in [1.54, 1.807) is 13.8 Å². The van der Waals surface area contributed by atoms with E-state index in [1.165, 1.54) is 0 Å². The van der Waals surface area contributed by atoms with Gasteiger partial charge >= 0.3 is 5.97 Å². The summed E-state index contributed by atoms with van der Waals surface area (Å²) in [5, 5.41) is 2.65. The van der Waals surface area contributed by atoms with Gasteiger partial charge in [-0.3, -0.25) is 0 Å². The molecule has 0 saturated heterocycles. The molecule has 64 valence electrons. The number of rotatable bonds is 3. The van der Waals surface area contributed by atoms with Crippen LogP contribution in [0.4, 0.5) is 0 Å². The van der Waals surface area contributed by atoms with Gasteiger partial charge in [-0.1, -0.05) is 12.2 Å². The van der Waals surface area contributed by atoms with Gasteiger partial charge in [-0.25, -0.2) is 4.79 Å². The van der Waals surface area contributed by atoms with Crippen molar-refractivity contribution in [2.24, 2.45) is 0 Å². The van der Waals surface area contributed by atoms with Crippen LogP contribution in [0.15, 0.2) is 0 Å². The van der Waals surface area contributed by atoms with Crippen molar-refractivity contribution >= 4 is 35.1 Å². The molecule has 0 amide bonds. The van der Waals surface area contributed by atoms with Crippen molar-refractivity contribution in [2.75, 3.05) is 6.61 Å². The average Bonchev–Trinajstić information content (AvgIpc) is 1.86. The Labute approximate surface area is 76.9 Å². The second kappa shape index (κ2) is 5.37. The van der Waals surface area contributed by atoms with E-state index in [-0.39, 0.29) is 5.97 Å². The normalized spacial score (nSPS) is 11.9. The first-order chi connectivity index (χ1) is 5.07. The molecule has 1 atom stereocenters. The highest BCUT2D eigenvalue weighted by Crippen LogP contribution is 1.89. The Morgan fingerprint density at radius 1 is 1.82 bits per heavy atom. The van der Waals surface area contributed by atoms with Crippen molar-refractivity contribution in [3.63, 3.8) is 0 Å². The second-order valence-electron chi connectivity index (χ2n) is 1.92. The van der Waals surface area contributed by atoms with E-state index < -0.39 is 6.04 Å². The Bertz CT molecular complexity index is 161. The Balaban J connectivity index is 3.73. The zero-order valence-corrected chi connectivity index (χ0v) is 8.17. The van der Waals surface area contributed by atoms with Crippen molar-refractivity contribution < 1.29 is 9.53 Å². The predicted octanol–water partition coefficient (Wildman–Crippen LogP) is 0.742. The molecule has 0 aromatic carbocycles. The lowest BCUT2D eigenvalue weighted by molar-refractivity contribution is -0.144. The molecule has 0 unspecified atom stereocenters. The number of esters is 1. The molecule has 3 nitrogen and oxygen atoms in total. The van der Waals surface area contributed by atoms with Gasteiger partial charge in [-0.15, -0.1) is 12.6 Å². The fraction of sp³-hybridized carbons (Fsp3) is 0.667. The van der Waals surface area contributed by atoms with Crippen LogP contribution in [0.3, 0.4) is 0 Å². The monoisotopic (exact) mass is 193 g/mol. The maximum Gasteiger partial charge on any atom is 0.328 e. The zero-order chi connectivity index (χ0) is 8.85. The Kier molecular flexibility index (Phi) is 5.23. The largest absolute Gasteiger partial charge is 0.464 e. The molecule has 0 rings (SSSR count). The van der Waals surface area contributed by atoms with E-state index in [0.717, 1.165) is 0 Å². The highest BCUT2D eigenvalue weighted by molar-refractivity contribution is 8.11. The molecule has 1 N–H and O–H groups in total. The first kappa shape index (κ1) is 10.7. The highest BCUT2D eigenvalue weighted by atomic mass is 32.1. The molecule has 0 spiro atoms. The molecule has 0 aliphatic heterocycles. The van der Waals surface area contributed by atoms with Crippen LogP contribution in [0.2, 0.25) is 0 Å². The third-order valence-electron chi connectivity index (χ3n) is 0.980. The van der Waals surface area contributed by atoms with Crippen LogP contribution in [0.5, 0.6) is 0 Å². The summed E-state index contributed by atoms with van der Waals surface area (Å²) in [6, 6.07) is -0.417. The number of ether oxygens (including phenoxy) is 1. The Morgan fingerprint density at radius 2 is 2.36 bits per heavy atom. The van der Waals surface area contributed by atoms with Gasteiger partial charge < -0.3 is 10.1 Å². The maximum atomic E-state index is 10.9. The topological polar surface area (TPSA) is 38.3 Å². The van der Waals surface area contributed by atoms with Crippen LogP contribution in [-0.4, -0.2) is 22.9 Å². The summed E-state index contributed by atoms with van der Waals surface area (Å²) in [5.74, 6) is -0.316. The van der Waals surface area contributed by atoms with Crippen molar-refractivity contribution in [3.8, 4) is 0 Å². The summed E-state index contributed by atoms with van der Waals surface area (Å²) in [4.78, 5) is 10.9. The molecule has 5 heteroatoms. The zero-order valence-electron chi connectivity index (χ0n) is 6.46. The molecule has 0 saturated carbocycles. The second-order valence-corrected chi connectivity index (χ2v) is 3.08. The SMILES string of the molecule is CCOC(=O)[C@H](C)NC(=S)S. The first-order valence-electron chi connectivity index (χ1n) is 3.24. The minimum Gasteiger partial charge on any atom is -0.464 e. The molecule has 0 radical (unpaired) electrons. The summed E-state index contributed by atoms with van der Waals surface area (Å²) in [7, 11) is 0. The minimum atomic E-state index is -0.417. The van der Waals surface area contributed by atoms with Gasteiger partial charge in [0.15, 0.2) is 0 Å². The van der Waals surface area contributed by atoms with Crippen LogP contribution in [0.25, 0.3) is 0 Å². The number of thiocarbonyl (C=S) groups is 1. The Hall–Kier alpha value is -0.290. The quantitative estimate of drug-likeness (QED) is 0.394. The standard InChI is InChI=1S/C6H11NO2S2/c1-3-9-5(8)4(2)7-6(10)11/h4H,3H2,1-2H3,(H2,7,10,11)/t4-/m0/s1. The van der Waals surface area contributed by atoms with Gasteiger partial charge in [0.25, 0.3) is 0 Å². The van der Waals surface area contributed by atoms with Crippen LogP contribution >= 0.6 is 24.8 Å². The first-order valence-corrected chi connectivity index (χ1v) is 4.09. The molecule has 0 bridgehead atoms. The van der Waals surface area contributed by atoms with Gasteiger partial charge in [-0.05, 0) is 13.8 Å². The minimum absolute atomic E-state index is 0.297. The average molecular weight is 193 g/mol. The number of nitrogens with one attached hydrogen (secondary N) is 1. The van der Waals surface area contributed by atoms with Gasteiger partial charge in [0, 0.05) is 0 Å². The third-order valence-corrected chi connectivity index (χ3v) is 1.23. The molecule has 11 heavy (non-hydrogen) atoms. The summed E-state index contributed by atoms with van der Waals surface area (Å²) < 4.78 is 5.01.